The molecule has 0 aliphatic rings. The zero-order valence-corrected chi connectivity index (χ0v) is 13.5. The zero-order chi connectivity index (χ0) is 16.9. The molecule has 0 spiro atoms. The van der Waals surface area contributed by atoms with E-state index in [-0.39, 0.29) is 5.56 Å². The molecule has 0 atom stereocenters. The number of rotatable bonds is 2. The highest BCUT2D eigenvalue weighted by molar-refractivity contribution is 8.13. The number of carbonyl (C=O) groups excluding carboxylic acids is 1. The van der Waals surface area contributed by atoms with Crippen LogP contribution in [-0.2, 0) is 9.05 Å². The Morgan fingerprint density at radius 2 is 1.59 bits per heavy atom. The highest BCUT2D eigenvalue weighted by Gasteiger charge is 2.18. The van der Waals surface area contributed by atoms with Gasteiger partial charge < -0.3 is 0 Å². The van der Waals surface area contributed by atoms with E-state index in [1.54, 1.807) is 24.3 Å². The van der Waals surface area contributed by atoms with E-state index < -0.39 is 30.8 Å². The second-order valence-electron chi connectivity index (χ2n) is 4.06. The van der Waals surface area contributed by atoms with Crippen molar-refractivity contribution in [3.63, 3.8) is 0 Å². The van der Waals surface area contributed by atoms with Gasteiger partial charge in [0.05, 0.1) is 4.90 Å². The van der Waals surface area contributed by atoms with Crippen molar-refractivity contribution < 1.29 is 22.0 Å². The summed E-state index contributed by atoms with van der Waals surface area (Å²) in [5, 5.41) is -0.407. The second kappa shape index (κ2) is 7.67. The smallest absolute Gasteiger partial charge is 0.261 e. The fourth-order valence-corrected chi connectivity index (χ4v) is 2.78. The van der Waals surface area contributed by atoms with Crippen molar-refractivity contribution in [3.05, 3.63) is 65.2 Å². The van der Waals surface area contributed by atoms with Crippen molar-refractivity contribution in [2.75, 3.05) is 0 Å². The summed E-state index contributed by atoms with van der Waals surface area (Å²) in [6, 6.07) is 10.4. The standard InChI is InChI=1S/C7H5ClF2O2S.C7H5ClO/c1-4-6(13(8,11)12)3-2-5(9)7(4)10;8-7(9)6-4-2-1-3-5-6/h2-3H,1H3;1-5H. The van der Waals surface area contributed by atoms with Gasteiger partial charge in [0.25, 0.3) is 14.3 Å². The molecule has 0 unspecified atom stereocenters. The third-order valence-corrected chi connectivity index (χ3v) is 4.24. The fourth-order valence-electron chi connectivity index (χ4n) is 1.47. The van der Waals surface area contributed by atoms with Crippen molar-refractivity contribution in [1.82, 2.24) is 0 Å². The first-order chi connectivity index (χ1) is 10.1. The predicted octanol–water partition coefficient (Wildman–Crippen LogP) is 4.27. The maximum Gasteiger partial charge on any atom is 0.261 e. The monoisotopic (exact) mass is 366 g/mol. The minimum Gasteiger partial charge on any atom is -0.276 e. The van der Waals surface area contributed by atoms with Crippen LogP contribution in [0, 0.1) is 18.6 Å². The molecule has 8 heteroatoms. The SMILES string of the molecule is Cc1c(S(=O)(=O)Cl)ccc(F)c1F.O=C(Cl)c1ccccc1. The molecule has 0 radical (unpaired) electrons. The summed E-state index contributed by atoms with van der Waals surface area (Å²) in [6.45, 7) is 1.15. The number of hydrogen-bond donors (Lipinski definition) is 0. The van der Waals surface area contributed by atoms with Gasteiger partial charge in [0.15, 0.2) is 11.6 Å². The van der Waals surface area contributed by atoms with Crippen LogP contribution in [0.4, 0.5) is 8.78 Å². The molecule has 2 aromatic rings. The minimum atomic E-state index is -4.01. The van der Waals surface area contributed by atoms with Gasteiger partial charge in [-0.3, -0.25) is 4.79 Å². The first-order valence-electron chi connectivity index (χ1n) is 5.78. The average molecular weight is 367 g/mol. The molecule has 0 saturated heterocycles. The van der Waals surface area contributed by atoms with Crippen LogP contribution in [0.5, 0.6) is 0 Å². The summed E-state index contributed by atoms with van der Waals surface area (Å²) in [5.41, 5.74) is 0.231. The molecule has 0 amide bonds. The van der Waals surface area contributed by atoms with Crippen molar-refractivity contribution in [2.24, 2.45) is 0 Å². The van der Waals surface area contributed by atoms with Gasteiger partial charge in [-0.25, -0.2) is 17.2 Å². The van der Waals surface area contributed by atoms with Gasteiger partial charge in [0.2, 0.25) is 0 Å². The predicted molar refractivity (Wildman–Crippen MR) is 80.8 cm³/mol. The summed E-state index contributed by atoms with van der Waals surface area (Å²) < 4.78 is 46.9. The molecule has 118 valence electrons. The van der Waals surface area contributed by atoms with Gasteiger partial charge in [-0.05, 0) is 30.7 Å². The van der Waals surface area contributed by atoms with Crippen LogP contribution in [0.2, 0.25) is 0 Å². The maximum absolute atomic E-state index is 12.8. The lowest BCUT2D eigenvalue weighted by atomic mass is 10.2. The summed E-state index contributed by atoms with van der Waals surface area (Å²) in [4.78, 5) is 10.0. The van der Waals surface area contributed by atoms with Crippen molar-refractivity contribution in [2.45, 2.75) is 11.8 Å². The molecule has 22 heavy (non-hydrogen) atoms. The van der Waals surface area contributed by atoms with E-state index >= 15 is 0 Å². The molecule has 0 saturated carbocycles. The van der Waals surface area contributed by atoms with Gasteiger partial charge in [-0.1, -0.05) is 30.3 Å². The Hall–Kier alpha value is -1.50. The number of hydrogen-bond acceptors (Lipinski definition) is 3. The van der Waals surface area contributed by atoms with Gasteiger partial charge in [-0.2, -0.15) is 0 Å². The molecule has 2 aromatic carbocycles. The topological polar surface area (TPSA) is 51.2 Å². The van der Waals surface area contributed by atoms with E-state index in [9.17, 15) is 22.0 Å². The third kappa shape index (κ3) is 5.05. The summed E-state index contributed by atoms with van der Waals surface area (Å²) >= 11 is 5.16. The van der Waals surface area contributed by atoms with Crippen LogP contribution in [0.1, 0.15) is 15.9 Å². The quantitative estimate of drug-likeness (QED) is 0.745. The number of carbonyl (C=O) groups is 1. The molecule has 0 aromatic heterocycles. The Balaban J connectivity index is 0.000000235. The molecular formula is C14H10Cl2F2O3S. The van der Waals surface area contributed by atoms with Crippen molar-refractivity contribution >= 4 is 36.6 Å². The number of halogens is 4. The molecule has 0 bridgehead atoms. The van der Waals surface area contributed by atoms with Crippen LogP contribution in [-0.4, -0.2) is 13.7 Å². The summed E-state index contributed by atoms with van der Waals surface area (Å²) in [7, 11) is 0.964. The van der Waals surface area contributed by atoms with Gasteiger partial charge in [0.1, 0.15) is 0 Å². The molecule has 0 N–H and O–H groups in total. The highest BCUT2D eigenvalue weighted by atomic mass is 35.7. The number of benzene rings is 2. The van der Waals surface area contributed by atoms with Gasteiger partial charge in [0, 0.05) is 21.8 Å². The largest absolute Gasteiger partial charge is 0.276 e. The van der Waals surface area contributed by atoms with E-state index in [1.165, 1.54) is 0 Å². The van der Waals surface area contributed by atoms with Gasteiger partial charge in [-0.15, -0.1) is 0 Å². The summed E-state index contributed by atoms with van der Waals surface area (Å²) in [5.74, 6) is -2.29. The highest BCUT2D eigenvalue weighted by Crippen LogP contribution is 2.23. The Morgan fingerprint density at radius 1 is 1.05 bits per heavy atom. The third-order valence-electron chi connectivity index (χ3n) is 2.55. The zero-order valence-electron chi connectivity index (χ0n) is 11.2. The fraction of sp³-hybridized carbons (Fsp3) is 0.0714. The normalized spacial score (nSPS) is 10.6. The van der Waals surface area contributed by atoms with Crippen LogP contribution >= 0.6 is 22.3 Å². The van der Waals surface area contributed by atoms with E-state index in [0.29, 0.717) is 5.56 Å². The molecule has 0 aliphatic heterocycles. The Labute approximate surface area is 135 Å². The van der Waals surface area contributed by atoms with Crippen LogP contribution in [0.3, 0.4) is 0 Å². The molecule has 2 rings (SSSR count). The van der Waals surface area contributed by atoms with Crippen molar-refractivity contribution in [1.29, 1.82) is 0 Å². The second-order valence-corrected chi connectivity index (χ2v) is 6.94. The molecular weight excluding hydrogens is 357 g/mol. The van der Waals surface area contributed by atoms with Crippen LogP contribution in [0.25, 0.3) is 0 Å². The first-order valence-corrected chi connectivity index (χ1v) is 8.47. The van der Waals surface area contributed by atoms with Gasteiger partial charge >= 0.3 is 0 Å². The molecule has 0 aliphatic carbocycles. The van der Waals surface area contributed by atoms with Crippen LogP contribution in [0.15, 0.2) is 47.4 Å². The lowest BCUT2D eigenvalue weighted by Crippen LogP contribution is -1.99. The van der Waals surface area contributed by atoms with E-state index in [0.717, 1.165) is 19.1 Å². The summed E-state index contributed by atoms with van der Waals surface area (Å²) in [6.07, 6.45) is 0. The maximum atomic E-state index is 12.8. The van der Waals surface area contributed by atoms with E-state index in [1.807, 2.05) is 6.07 Å². The Bertz CT molecular complexity index is 778. The van der Waals surface area contributed by atoms with Crippen molar-refractivity contribution in [3.8, 4) is 0 Å². The Kier molecular flexibility index (Phi) is 6.47. The van der Waals surface area contributed by atoms with Crippen LogP contribution < -0.4 is 0 Å². The minimum absolute atomic E-state index is 0.310. The molecule has 0 heterocycles. The first kappa shape index (κ1) is 18.5. The lowest BCUT2D eigenvalue weighted by Gasteiger charge is -2.02. The average Bonchev–Trinajstić information content (AvgIpc) is 2.45. The van der Waals surface area contributed by atoms with E-state index in [2.05, 4.69) is 0 Å². The Morgan fingerprint density at radius 3 is 2.00 bits per heavy atom. The molecule has 3 nitrogen and oxygen atoms in total. The molecule has 0 fully saturated rings. The van der Waals surface area contributed by atoms with E-state index in [4.69, 9.17) is 22.3 Å². The lowest BCUT2D eigenvalue weighted by molar-refractivity contribution is 0.108.